The molecule has 5 rings (SSSR count). The number of rotatable bonds is 6. The third-order valence-electron chi connectivity index (χ3n) is 5.10. The Labute approximate surface area is 198 Å². The molecule has 0 spiro atoms. The summed E-state index contributed by atoms with van der Waals surface area (Å²) in [4.78, 5) is 28.8. The quantitative estimate of drug-likeness (QED) is 0.531. The summed E-state index contributed by atoms with van der Waals surface area (Å²) in [6.07, 6.45) is 3.70. The Hall–Kier alpha value is -5.25. The first-order chi connectivity index (χ1) is 17.0. The topological polar surface area (TPSA) is 131 Å². The summed E-state index contributed by atoms with van der Waals surface area (Å²) in [5.41, 5.74) is 1.71. The lowest BCUT2D eigenvalue weighted by molar-refractivity contribution is -0.135. The predicted octanol–water partition coefficient (Wildman–Crippen LogP) is 3.43. The molecule has 0 saturated carbocycles. The highest BCUT2D eigenvalue weighted by Crippen LogP contribution is 2.26. The van der Waals surface area contributed by atoms with E-state index in [-0.39, 0.29) is 23.1 Å². The maximum absolute atomic E-state index is 12.2. The van der Waals surface area contributed by atoms with Crippen LogP contribution in [0, 0.1) is 0 Å². The number of hydrogen-bond donors (Lipinski definition) is 2. The SMILES string of the molecule is O=C(O)C1=CN(/C(=C\c2ccco2)C(=O)O)N=C2N=C(c3ccccc3)C(c3ccccc3)=NN12. The predicted molar refractivity (Wildman–Crippen MR) is 127 cm³/mol. The van der Waals surface area contributed by atoms with E-state index in [1.54, 1.807) is 12.1 Å². The van der Waals surface area contributed by atoms with E-state index in [2.05, 4.69) is 15.2 Å². The van der Waals surface area contributed by atoms with Gasteiger partial charge in [0.05, 0.1) is 12.5 Å². The van der Waals surface area contributed by atoms with Gasteiger partial charge in [-0.15, -0.1) is 5.10 Å². The van der Waals surface area contributed by atoms with Gasteiger partial charge >= 0.3 is 11.9 Å². The number of fused-ring (bicyclic) bond motifs is 1. The van der Waals surface area contributed by atoms with Crippen molar-refractivity contribution >= 4 is 35.4 Å². The highest BCUT2D eigenvalue weighted by molar-refractivity contribution is 6.55. The average molecular weight is 467 g/mol. The van der Waals surface area contributed by atoms with Crippen LogP contribution in [0.25, 0.3) is 6.08 Å². The van der Waals surface area contributed by atoms with Crippen LogP contribution in [-0.4, -0.2) is 49.6 Å². The molecule has 0 bridgehead atoms. The Morgan fingerprint density at radius 3 is 2.06 bits per heavy atom. The molecule has 0 amide bonds. The lowest BCUT2D eigenvalue weighted by Gasteiger charge is -2.31. The molecule has 10 heteroatoms. The summed E-state index contributed by atoms with van der Waals surface area (Å²) in [6, 6.07) is 21.6. The molecule has 0 saturated heterocycles. The van der Waals surface area contributed by atoms with E-state index >= 15 is 0 Å². The van der Waals surface area contributed by atoms with Crippen molar-refractivity contribution in [3.8, 4) is 0 Å². The Kier molecular flexibility index (Phi) is 5.52. The number of carboxylic acid groups (broad SMARTS) is 2. The van der Waals surface area contributed by atoms with Gasteiger partial charge in [0.25, 0.3) is 5.96 Å². The molecule has 3 aromatic rings. The van der Waals surface area contributed by atoms with E-state index in [0.717, 1.165) is 27.3 Å². The second kappa shape index (κ2) is 8.94. The molecule has 2 aliphatic heterocycles. The van der Waals surface area contributed by atoms with E-state index in [9.17, 15) is 19.8 Å². The Bertz CT molecular complexity index is 1440. The molecular weight excluding hydrogens is 450 g/mol. The number of hydrazone groups is 2. The van der Waals surface area contributed by atoms with Gasteiger partial charge in [0.2, 0.25) is 0 Å². The van der Waals surface area contributed by atoms with Crippen molar-refractivity contribution in [2.75, 3.05) is 0 Å². The molecular formula is C25H17N5O5. The van der Waals surface area contributed by atoms with Crippen LogP contribution in [0.2, 0.25) is 0 Å². The molecule has 0 unspecified atom stereocenters. The van der Waals surface area contributed by atoms with Gasteiger partial charge in [0.15, 0.2) is 11.4 Å². The third-order valence-corrected chi connectivity index (χ3v) is 5.10. The maximum atomic E-state index is 12.2. The number of nitrogens with zero attached hydrogens (tertiary/aromatic N) is 5. The second-order valence-electron chi connectivity index (χ2n) is 7.37. The van der Waals surface area contributed by atoms with Crippen LogP contribution in [-0.2, 0) is 9.59 Å². The Morgan fingerprint density at radius 1 is 0.829 bits per heavy atom. The van der Waals surface area contributed by atoms with E-state index in [4.69, 9.17) is 4.42 Å². The van der Waals surface area contributed by atoms with Crippen molar-refractivity contribution in [3.05, 3.63) is 114 Å². The molecule has 0 aliphatic carbocycles. The average Bonchev–Trinajstić information content (AvgIpc) is 3.40. The first-order valence-electron chi connectivity index (χ1n) is 10.4. The Balaban J connectivity index is 1.67. The van der Waals surface area contributed by atoms with Crippen LogP contribution >= 0.6 is 0 Å². The minimum atomic E-state index is -1.34. The number of carboxylic acids is 2. The van der Waals surface area contributed by atoms with Crippen LogP contribution in [0.3, 0.4) is 0 Å². The molecule has 10 nitrogen and oxygen atoms in total. The van der Waals surface area contributed by atoms with Crippen molar-refractivity contribution in [2.45, 2.75) is 0 Å². The minimum Gasteiger partial charge on any atom is -0.477 e. The molecule has 2 aromatic carbocycles. The van der Waals surface area contributed by atoms with Crippen molar-refractivity contribution in [1.29, 1.82) is 0 Å². The maximum Gasteiger partial charge on any atom is 0.356 e. The fourth-order valence-corrected chi connectivity index (χ4v) is 3.51. The number of aliphatic carboxylic acids is 2. The largest absolute Gasteiger partial charge is 0.477 e. The molecule has 1 aromatic heterocycles. The number of aliphatic imine (C=N–C) groups is 1. The molecule has 0 fully saturated rings. The highest BCUT2D eigenvalue weighted by Gasteiger charge is 2.34. The van der Waals surface area contributed by atoms with Gasteiger partial charge in [-0.25, -0.2) is 19.6 Å². The zero-order chi connectivity index (χ0) is 24.4. The first-order valence-corrected chi connectivity index (χ1v) is 10.4. The van der Waals surface area contributed by atoms with Gasteiger partial charge in [-0.2, -0.15) is 10.1 Å². The van der Waals surface area contributed by atoms with E-state index < -0.39 is 11.9 Å². The third kappa shape index (κ3) is 4.23. The van der Waals surface area contributed by atoms with Crippen LogP contribution in [0.5, 0.6) is 0 Å². The van der Waals surface area contributed by atoms with E-state index in [1.807, 2.05) is 60.7 Å². The smallest absolute Gasteiger partial charge is 0.356 e. The van der Waals surface area contributed by atoms with E-state index in [0.29, 0.717) is 11.4 Å². The molecule has 0 atom stereocenters. The van der Waals surface area contributed by atoms with Crippen LogP contribution in [0.4, 0.5) is 0 Å². The van der Waals surface area contributed by atoms with Crippen LogP contribution < -0.4 is 0 Å². The number of carbonyl (C=O) groups is 2. The number of benzene rings is 2. The standard InChI is InChI=1S/C25H17N5O5/c31-23(32)19(14-18-12-7-13-35-18)29-15-20(24(33)34)30-25(28-29)26-21(16-8-3-1-4-9-16)22(27-30)17-10-5-2-6-11-17/h1-15H,(H,31,32)(H,33,34)/b19-14-. The summed E-state index contributed by atoms with van der Waals surface area (Å²) < 4.78 is 5.21. The molecule has 2 N–H and O–H groups in total. The number of furan rings is 1. The summed E-state index contributed by atoms with van der Waals surface area (Å²) in [6.45, 7) is 0. The van der Waals surface area contributed by atoms with Crippen molar-refractivity contribution in [2.24, 2.45) is 15.2 Å². The summed E-state index contributed by atoms with van der Waals surface area (Å²) in [5.74, 6) is -2.51. The highest BCUT2D eigenvalue weighted by atomic mass is 16.4. The van der Waals surface area contributed by atoms with Crippen molar-refractivity contribution in [3.63, 3.8) is 0 Å². The number of guanidine groups is 1. The van der Waals surface area contributed by atoms with Crippen molar-refractivity contribution in [1.82, 2.24) is 10.0 Å². The fraction of sp³-hybridized carbons (Fsp3) is 0. The van der Waals surface area contributed by atoms with Gasteiger partial charge in [0.1, 0.15) is 17.2 Å². The number of hydrogen-bond acceptors (Lipinski definition) is 8. The fourth-order valence-electron chi connectivity index (χ4n) is 3.51. The van der Waals surface area contributed by atoms with Gasteiger partial charge in [-0.3, -0.25) is 0 Å². The van der Waals surface area contributed by atoms with Crippen LogP contribution in [0.15, 0.2) is 116 Å². The summed E-state index contributed by atoms with van der Waals surface area (Å²) >= 11 is 0. The monoisotopic (exact) mass is 467 g/mol. The Morgan fingerprint density at radius 2 is 1.49 bits per heavy atom. The molecule has 3 heterocycles. The van der Waals surface area contributed by atoms with Gasteiger partial charge in [-0.05, 0) is 12.1 Å². The molecule has 35 heavy (non-hydrogen) atoms. The van der Waals surface area contributed by atoms with Gasteiger partial charge < -0.3 is 14.6 Å². The lowest BCUT2D eigenvalue weighted by atomic mass is 9.99. The second-order valence-corrected chi connectivity index (χ2v) is 7.37. The molecule has 2 aliphatic rings. The normalized spacial score (nSPS) is 15.5. The summed E-state index contributed by atoms with van der Waals surface area (Å²) in [7, 11) is 0. The summed E-state index contributed by atoms with van der Waals surface area (Å²) in [5, 5.41) is 30.6. The minimum absolute atomic E-state index is 0.102. The first kappa shape index (κ1) is 21.6. The lowest BCUT2D eigenvalue weighted by Crippen LogP contribution is -2.41. The van der Waals surface area contributed by atoms with Crippen molar-refractivity contribution < 1.29 is 24.2 Å². The molecule has 0 radical (unpaired) electrons. The zero-order valence-electron chi connectivity index (χ0n) is 18.0. The van der Waals surface area contributed by atoms with Crippen LogP contribution in [0.1, 0.15) is 16.9 Å². The van der Waals surface area contributed by atoms with E-state index in [1.165, 1.54) is 12.3 Å². The zero-order valence-corrected chi connectivity index (χ0v) is 18.0. The molecule has 172 valence electrons. The van der Waals surface area contributed by atoms with Gasteiger partial charge in [-0.1, -0.05) is 60.7 Å². The van der Waals surface area contributed by atoms with Gasteiger partial charge in [0, 0.05) is 17.2 Å².